The molecule has 118 valence electrons. The molecular formula is C18H31N3. The van der Waals surface area contributed by atoms with Crippen LogP contribution in [0, 0.1) is 25.2 Å². The van der Waals surface area contributed by atoms with E-state index in [1.165, 1.54) is 31.2 Å². The smallest absolute Gasteiger partial charge is 0.134 e. The van der Waals surface area contributed by atoms with Crippen LogP contribution in [0.15, 0.2) is 0 Å². The SMILES string of the molecule is CCNc1nc(C2CCC(C(C)(C)C)CC2)nc(C)c1C. The van der Waals surface area contributed by atoms with E-state index < -0.39 is 0 Å². The lowest BCUT2D eigenvalue weighted by atomic mass is 9.69. The van der Waals surface area contributed by atoms with Gasteiger partial charge in [-0.15, -0.1) is 0 Å². The molecule has 0 aliphatic heterocycles. The van der Waals surface area contributed by atoms with Crippen molar-refractivity contribution < 1.29 is 0 Å². The molecule has 0 spiro atoms. The summed E-state index contributed by atoms with van der Waals surface area (Å²) in [6.07, 6.45) is 5.08. The zero-order chi connectivity index (χ0) is 15.6. The summed E-state index contributed by atoms with van der Waals surface area (Å²) in [4.78, 5) is 9.59. The van der Waals surface area contributed by atoms with Gasteiger partial charge in [0.1, 0.15) is 11.6 Å². The normalized spacial score (nSPS) is 23.1. The Morgan fingerprint density at radius 2 is 1.67 bits per heavy atom. The second-order valence-electron chi connectivity index (χ2n) is 7.59. The summed E-state index contributed by atoms with van der Waals surface area (Å²) in [7, 11) is 0. The Morgan fingerprint density at radius 3 is 2.19 bits per heavy atom. The molecule has 0 atom stereocenters. The largest absolute Gasteiger partial charge is 0.370 e. The highest BCUT2D eigenvalue weighted by Gasteiger charge is 2.31. The molecular weight excluding hydrogens is 258 g/mol. The molecule has 2 rings (SSSR count). The average Bonchev–Trinajstić information content (AvgIpc) is 2.43. The van der Waals surface area contributed by atoms with E-state index in [4.69, 9.17) is 9.97 Å². The first-order valence-corrected chi connectivity index (χ1v) is 8.42. The van der Waals surface area contributed by atoms with Crippen molar-refractivity contribution in [3.8, 4) is 0 Å². The fraction of sp³-hybridized carbons (Fsp3) is 0.778. The van der Waals surface area contributed by atoms with Crippen molar-refractivity contribution in [2.75, 3.05) is 11.9 Å². The number of hydrogen-bond acceptors (Lipinski definition) is 3. The van der Waals surface area contributed by atoms with E-state index in [1.807, 2.05) is 0 Å². The number of hydrogen-bond donors (Lipinski definition) is 1. The molecule has 1 aliphatic rings. The summed E-state index contributed by atoms with van der Waals surface area (Å²) in [5.41, 5.74) is 2.74. The maximum Gasteiger partial charge on any atom is 0.134 e. The van der Waals surface area contributed by atoms with Gasteiger partial charge in [-0.1, -0.05) is 20.8 Å². The summed E-state index contributed by atoms with van der Waals surface area (Å²) >= 11 is 0. The number of rotatable bonds is 3. The Labute approximate surface area is 130 Å². The van der Waals surface area contributed by atoms with Crippen LogP contribution in [0.1, 0.15) is 76.4 Å². The molecule has 0 amide bonds. The summed E-state index contributed by atoms with van der Waals surface area (Å²) in [6.45, 7) is 14.3. The van der Waals surface area contributed by atoms with Gasteiger partial charge in [-0.2, -0.15) is 0 Å². The minimum Gasteiger partial charge on any atom is -0.370 e. The Kier molecular flexibility index (Phi) is 4.90. The van der Waals surface area contributed by atoms with Gasteiger partial charge in [0.15, 0.2) is 0 Å². The third-order valence-electron chi connectivity index (χ3n) is 5.07. The molecule has 0 bridgehead atoms. The third-order valence-corrected chi connectivity index (χ3v) is 5.07. The molecule has 3 nitrogen and oxygen atoms in total. The molecule has 0 saturated heterocycles. The van der Waals surface area contributed by atoms with Crippen molar-refractivity contribution >= 4 is 5.82 Å². The van der Waals surface area contributed by atoms with Gasteiger partial charge in [0, 0.05) is 23.7 Å². The highest BCUT2D eigenvalue weighted by Crippen LogP contribution is 2.42. The minimum atomic E-state index is 0.434. The number of nitrogens with one attached hydrogen (secondary N) is 1. The van der Waals surface area contributed by atoms with Gasteiger partial charge in [-0.3, -0.25) is 0 Å². The lowest BCUT2D eigenvalue weighted by molar-refractivity contribution is 0.167. The van der Waals surface area contributed by atoms with E-state index in [9.17, 15) is 0 Å². The molecule has 0 unspecified atom stereocenters. The topological polar surface area (TPSA) is 37.8 Å². The number of aromatic nitrogens is 2. The first-order chi connectivity index (χ1) is 9.82. The molecule has 0 aromatic carbocycles. The summed E-state index contributed by atoms with van der Waals surface area (Å²) < 4.78 is 0. The van der Waals surface area contributed by atoms with Crippen LogP contribution in [-0.2, 0) is 0 Å². The number of nitrogens with zero attached hydrogens (tertiary/aromatic N) is 2. The van der Waals surface area contributed by atoms with Crippen molar-refractivity contribution in [3.63, 3.8) is 0 Å². The van der Waals surface area contributed by atoms with Crippen LogP contribution >= 0.6 is 0 Å². The van der Waals surface area contributed by atoms with Crippen molar-refractivity contribution in [1.82, 2.24) is 9.97 Å². The fourth-order valence-corrected chi connectivity index (χ4v) is 3.39. The summed E-state index contributed by atoms with van der Waals surface area (Å²) in [5, 5.41) is 3.38. The predicted molar refractivity (Wildman–Crippen MR) is 89.8 cm³/mol. The van der Waals surface area contributed by atoms with Crippen LogP contribution in [0.2, 0.25) is 0 Å². The average molecular weight is 289 g/mol. The maximum atomic E-state index is 4.81. The van der Waals surface area contributed by atoms with Gasteiger partial charge in [-0.25, -0.2) is 9.97 Å². The predicted octanol–water partition coefficient (Wildman–Crippen LogP) is 4.85. The van der Waals surface area contributed by atoms with Crippen LogP contribution in [0.25, 0.3) is 0 Å². The minimum absolute atomic E-state index is 0.434. The molecule has 1 saturated carbocycles. The van der Waals surface area contributed by atoms with Crippen LogP contribution in [-0.4, -0.2) is 16.5 Å². The Hall–Kier alpha value is -1.12. The lowest BCUT2D eigenvalue weighted by Crippen LogP contribution is -2.26. The Morgan fingerprint density at radius 1 is 1.05 bits per heavy atom. The molecule has 1 aliphatic carbocycles. The molecule has 1 aromatic heterocycles. The van der Waals surface area contributed by atoms with Crippen molar-refractivity contribution in [3.05, 3.63) is 17.1 Å². The fourth-order valence-electron chi connectivity index (χ4n) is 3.39. The second-order valence-corrected chi connectivity index (χ2v) is 7.59. The quantitative estimate of drug-likeness (QED) is 0.864. The van der Waals surface area contributed by atoms with E-state index in [0.29, 0.717) is 11.3 Å². The van der Waals surface area contributed by atoms with E-state index in [0.717, 1.165) is 29.8 Å². The van der Waals surface area contributed by atoms with E-state index in [-0.39, 0.29) is 0 Å². The zero-order valence-corrected chi connectivity index (χ0v) is 14.6. The van der Waals surface area contributed by atoms with Gasteiger partial charge in [0.2, 0.25) is 0 Å². The first kappa shape index (κ1) is 16.3. The summed E-state index contributed by atoms with van der Waals surface area (Å²) in [5.74, 6) is 3.47. The first-order valence-electron chi connectivity index (χ1n) is 8.42. The highest BCUT2D eigenvalue weighted by atomic mass is 15.0. The molecule has 1 aromatic rings. The third kappa shape index (κ3) is 3.75. The van der Waals surface area contributed by atoms with Crippen LogP contribution < -0.4 is 5.32 Å². The van der Waals surface area contributed by atoms with Crippen LogP contribution in [0.5, 0.6) is 0 Å². The van der Waals surface area contributed by atoms with Crippen LogP contribution in [0.3, 0.4) is 0 Å². The van der Waals surface area contributed by atoms with E-state index in [2.05, 4.69) is 46.9 Å². The molecule has 1 fully saturated rings. The second kappa shape index (κ2) is 6.33. The molecule has 21 heavy (non-hydrogen) atoms. The standard InChI is InChI=1S/C18H31N3/c1-7-19-16-12(2)13(3)20-17(21-16)14-8-10-15(11-9-14)18(4,5)6/h14-15H,7-11H2,1-6H3,(H,19,20,21). The monoisotopic (exact) mass is 289 g/mol. The van der Waals surface area contributed by atoms with Gasteiger partial charge in [-0.05, 0) is 57.8 Å². The molecule has 1 N–H and O–H groups in total. The number of anilines is 1. The molecule has 1 heterocycles. The van der Waals surface area contributed by atoms with Crippen molar-refractivity contribution in [1.29, 1.82) is 0 Å². The van der Waals surface area contributed by atoms with Gasteiger partial charge in [0.05, 0.1) is 0 Å². The lowest BCUT2D eigenvalue weighted by Gasteiger charge is -2.36. The zero-order valence-electron chi connectivity index (χ0n) is 14.6. The maximum absolute atomic E-state index is 4.81. The van der Waals surface area contributed by atoms with Gasteiger partial charge < -0.3 is 5.32 Å². The van der Waals surface area contributed by atoms with Crippen molar-refractivity contribution in [2.24, 2.45) is 11.3 Å². The molecule has 3 heteroatoms. The van der Waals surface area contributed by atoms with Crippen LogP contribution in [0.4, 0.5) is 5.82 Å². The summed E-state index contributed by atoms with van der Waals surface area (Å²) in [6, 6.07) is 0. The highest BCUT2D eigenvalue weighted by molar-refractivity contribution is 5.45. The Balaban J connectivity index is 2.13. The Bertz CT molecular complexity index is 480. The van der Waals surface area contributed by atoms with E-state index >= 15 is 0 Å². The van der Waals surface area contributed by atoms with Crippen molar-refractivity contribution in [2.45, 2.75) is 73.1 Å². The molecule has 0 radical (unpaired) electrons. The van der Waals surface area contributed by atoms with Gasteiger partial charge in [0.25, 0.3) is 0 Å². The van der Waals surface area contributed by atoms with Gasteiger partial charge >= 0.3 is 0 Å². The number of aryl methyl sites for hydroxylation is 1. The van der Waals surface area contributed by atoms with E-state index in [1.54, 1.807) is 0 Å².